The van der Waals surface area contributed by atoms with E-state index in [1.807, 2.05) is 6.20 Å². The van der Waals surface area contributed by atoms with Crippen molar-refractivity contribution in [3.63, 3.8) is 0 Å². The zero-order valence-electron chi connectivity index (χ0n) is 22.5. The van der Waals surface area contributed by atoms with Crippen LogP contribution in [0.25, 0.3) is 0 Å². The highest BCUT2D eigenvalue weighted by Gasteiger charge is 2.31. The summed E-state index contributed by atoms with van der Waals surface area (Å²) in [5.74, 6) is 0.774. The third kappa shape index (κ3) is 6.74. The topological polar surface area (TPSA) is 49.4 Å². The molecule has 5 nitrogen and oxygen atoms in total. The van der Waals surface area contributed by atoms with Gasteiger partial charge in [-0.25, -0.2) is 0 Å². The first-order valence-electron chi connectivity index (χ1n) is 14.3. The fraction of sp³-hybridized carbons (Fsp3) is 0.645. The number of hydrogen-bond acceptors (Lipinski definition) is 5. The number of rotatable bonds is 10. The molecule has 3 aliphatic rings. The van der Waals surface area contributed by atoms with Crippen LogP contribution in [-0.2, 0) is 24.1 Å². The van der Waals surface area contributed by atoms with E-state index in [9.17, 15) is 0 Å². The molecule has 2 aromatic rings. The molecule has 1 saturated heterocycles. The molecule has 5 heteroatoms. The Morgan fingerprint density at radius 1 is 1.06 bits per heavy atom. The Balaban J connectivity index is 1.24. The summed E-state index contributed by atoms with van der Waals surface area (Å²) >= 11 is 0. The second kappa shape index (κ2) is 12.2. The quantitative estimate of drug-likeness (QED) is 0.496. The maximum Gasteiger partial charge on any atom is 0.0607 e. The van der Waals surface area contributed by atoms with Crippen LogP contribution in [0.3, 0.4) is 0 Å². The van der Waals surface area contributed by atoms with E-state index in [4.69, 9.17) is 9.72 Å². The molecule has 0 unspecified atom stereocenters. The summed E-state index contributed by atoms with van der Waals surface area (Å²) in [7, 11) is 0. The summed E-state index contributed by atoms with van der Waals surface area (Å²) in [6.45, 7) is 12.1. The number of nitrogens with zero attached hydrogens (tertiary/aromatic N) is 2. The summed E-state index contributed by atoms with van der Waals surface area (Å²) in [5.41, 5.74) is 6.02. The van der Waals surface area contributed by atoms with Crippen LogP contribution in [0, 0.1) is 11.3 Å². The number of nitrogens with one attached hydrogen (secondary N) is 2. The van der Waals surface area contributed by atoms with Gasteiger partial charge in [0.1, 0.15) is 0 Å². The van der Waals surface area contributed by atoms with Crippen LogP contribution in [0.5, 0.6) is 0 Å². The molecule has 5 rings (SSSR count). The highest BCUT2D eigenvalue weighted by atomic mass is 16.5. The van der Waals surface area contributed by atoms with E-state index < -0.39 is 0 Å². The molecule has 0 saturated carbocycles. The molecule has 0 amide bonds. The van der Waals surface area contributed by atoms with E-state index in [0.717, 1.165) is 58.3 Å². The Bertz CT molecular complexity index is 971. The van der Waals surface area contributed by atoms with E-state index in [1.54, 1.807) is 0 Å². The van der Waals surface area contributed by atoms with E-state index in [2.05, 4.69) is 65.8 Å². The first-order chi connectivity index (χ1) is 17.6. The Morgan fingerprint density at radius 2 is 1.86 bits per heavy atom. The molecule has 1 fully saturated rings. The van der Waals surface area contributed by atoms with E-state index >= 15 is 0 Å². The number of pyridine rings is 1. The van der Waals surface area contributed by atoms with Crippen LogP contribution in [0.1, 0.15) is 74.4 Å². The molecular weight excluding hydrogens is 444 g/mol. The van der Waals surface area contributed by atoms with Gasteiger partial charge in [-0.2, -0.15) is 0 Å². The minimum atomic E-state index is 0.262. The minimum Gasteiger partial charge on any atom is -0.381 e. The molecule has 1 aliphatic carbocycles. The first-order valence-corrected chi connectivity index (χ1v) is 14.3. The van der Waals surface area contributed by atoms with Crippen molar-refractivity contribution in [3.8, 4) is 0 Å². The summed E-state index contributed by atoms with van der Waals surface area (Å²) in [5, 5.41) is 7.66. The van der Waals surface area contributed by atoms with Gasteiger partial charge in [-0.1, -0.05) is 44.2 Å². The zero-order valence-corrected chi connectivity index (χ0v) is 22.5. The standard InChI is InChI=1S/C31H46N4O/c1-31(2,23-32-20-24-12-17-36-18-13-24)14-16-35(29-11-5-9-25-10-6-15-33-30(25)29)22-28-19-26-7-3-4-8-27(26)21-34-28/h3-4,6-8,10,15,24,28-29,32,34H,5,9,11-14,16-23H2,1-2H3/t28-,29+/m1/s1. The highest BCUT2D eigenvalue weighted by Crippen LogP contribution is 2.34. The van der Waals surface area contributed by atoms with Gasteiger partial charge >= 0.3 is 0 Å². The number of fused-ring (bicyclic) bond motifs is 2. The van der Waals surface area contributed by atoms with E-state index in [1.165, 1.54) is 60.9 Å². The normalized spacial score (nSPS) is 22.9. The van der Waals surface area contributed by atoms with Gasteiger partial charge in [0.05, 0.1) is 11.7 Å². The molecule has 36 heavy (non-hydrogen) atoms. The van der Waals surface area contributed by atoms with Crippen molar-refractivity contribution in [1.82, 2.24) is 20.5 Å². The monoisotopic (exact) mass is 490 g/mol. The summed E-state index contributed by atoms with van der Waals surface area (Å²) in [4.78, 5) is 7.69. The highest BCUT2D eigenvalue weighted by molar-refractivity contribution is 5.30. The van der Waals surface area contributed by atoms with E-state index in [-0.39, 0.29) is 5.41 Å². The maximum atomic E-state index is 5.53. The van der Waals surface area contributed by atoms with Crippen LogP contribution in [0.2, 0.25) is 0 Å². The third-order valence-electron chi connectivity index (χ3n) is 8.68. The molecular formula is C31H46N4O. The van der Waals surface area contributed by atoms with Crippen LogP contribution in [0.4, 0.5) is 0 Å². The third-order valence-corrected chi connectivity index (χ3v) is 8.68. The molecule has 1 aromatic carbocycles. The Labute approximate surface area is 218 Å². The average molecular weight is 491 g/mol. The molecule has 0 bridgehead atoms. The van der Waals surface area contributed by atoms with Gasteiger partial charge in [0, 0.05) is 45.1 Å². The largest absolute Gasteiger partial charge is 0.381 e. The molecule has 2 aliphatic heterocycles. The fourth-order valence-corrected chi connectivity index (χ4v) is 6.35. The maximum absolute atomic E-state index is 5.53. The van der Waals surface area contributed by atoms with Crippen molar-refractivity contribution >= 4 is 0 Å². The number of aromatic nitrogens is 1. The van der Waals surface area contributed by atoms with Crippen LogP contribution in [0.15, 0.2) is 42.6 Å². The van der Waals surface area contributed by atoms with Gasteiger partial charge in [0.25, 0.3) is 0 Å². The van der Waals surface area contributed by atoms with Gasteiger partial charge in [-0.15, -0.1) is 0 Å². The fourth-order valence-electron chi connectivity index (χ4n) is 6.35. The number of hydrogen-bond donors (Lipinski definition) is 2. The van der Waals surface area contributed by atoms with E-state index in [0.29, 0.717) is 12.1 Å². The van der Waals surface area contributed by atoms with Crippen molar-refractivity contribution in [2.45, 2.75) is 77.4 Å². The second-order valence-corrected chi connectivity index (χ2v) is 12.1. The lowest BCUT2D eigenvalue weighted by Gasteiger charge is -2.40. The van der Waals surface area contributed by atoms with Gasteiger partial charge in [-0.3, -0.25) is 9.88 Å². The summed E-state index contributed by atoms with van der Waals surface area (Å²) < 4.78 is 5.53. The van der Waals surface area contributed by atoms with Crippen molar-refractivity contribution in [1.29, 1.82) is 0 Å². The molecule has 0 spiro atoms. The molecule has 2 atom stereocenters. The molecule has 3 heterocycles. The van der Waals surface area contributed by atoms with Gasteiger partial charge in [0.2, 0.25) is 0 Å². The summed E-state index contributed by atoms with van der Waals surface area (Å²) in [6.07, 6.45) is 10.4. The molecule has 0 radical (unpaired) electrons. The lowest BCUT2D eigenvalue weighted by molar-refractivity contribution is 0.0651. The van der Waals surface area contributed by atoms with Crippen molar-refractivity contribution in [2.75, 3.05) is 39.4 Å². The number of ether oxygens (including phenoxy) is 1. The predicted octanol–water partition coefficient (Wildman–Crippen LogP) is 4.91. The molecule has 196 valence electrons. The van der Waals surface area contributed by atoms with Crippen LogP contribution in [-0.4, -0.2) is 55.3 Å². The number of aryl methyl sites for hydroxylation is 1. The van der Waals surface area contributed by atoms with Gasteiger partial charge in [0.15, 0.2) is 0 Å². The second-order valence-electron chi connectivity index (χ2n) is 12.1. The van der Waals surface area contributed by atoms with Crippen LogP contribution >= 0.6 is 0 Å². The first kappa shape index (κ1) is 25.8. The predicted molar refractivity (Wildman–Crippen MR) is 147 cm³/mol. The average Bonchev–Trinajstić information content (AvgIpc) is 2.91. The lowest BCUT2D eigenvalue weighted by atomic mass is 9.86. The van der Waals surface area contributed by atoms with Crippen molar-refractivity contribution in [3.05, 3.63) is 65.0 Å². The summed E-state index contributed by atoms with van der Waals surface area (Å²) in [6, 6.07) is 14.3. The van der Waals surface area contributed by atoms with Crippen LogP contribution < -0.4 is 10.6 Å². The lowest BCUT2D eigenvalue weighted by Crippen LogP contribution is -2.47. The van der Waals surface area contributed by atoms with Crippen molar-refractivity contribution < 1.29 is 4.74 Å². The minimum absolute atomic E-state index is 0.262. The SMILES string of the molecule is CC(C)(CCN(C[C@H]1Cc2ccccc2CN1)[C@H]1CCCc2cccnc21)CNCC1CCOCC1. The van der Waals surface area contributed by atoms with Crippen molar-refractivity contribution in [2.24, 2.45) is 11.3 Å². The van der Waals surface area contributed by atoms with Gasteiger partial charge in [-0.05, 0) is 92.1 Å². The van der Waals surface area contributed by atoms with Gasteiger partial charge < -0.3 is 15.4 Å². The zero-order chi connectivity index (χ0) is 24.8. The Hall–Kier alpha value is -1.79. The Morgan fingerprint density at radius 3 is 2.72 bits per heavy atom. The number of benzene rings is 1. The smallest absolute Gasteiger partial charge is 0.0607 e. The molecule has 2 N–H and O–H groups in total. The Kier molecular flexibility index (Phi) is 8.74. The molecule has 1 aromatic heterocycles.